The molecule has 0 atom stereocenters. The monoisotopic (exact) mass is 261 g/mol. The molecule has 1 saturated heterocycles. The lowest BCUT2D eigenvalue weighted by Gasteiger charge is -2.31. The fourth-order valence-corrected chi connectivity index (χ4v) is 2.48. The number of likely N-dealkylation sites (N-methyl/N-ethyl adjacent to an activating group) is 1. The predicted octanol–water partition coefficient (Wildman–Crippen LogP) is 1.38. The van der Waals surface area contributed by atoms with Crippen molar-refractivity contribution in [1.82, 2.24) is 4.90 Å². The highest BCUT2D eigenvalue weighted by Crippen LogP contribution is 2.18. The molecular formula is C15H23N3O. The second kappa shape index (κ2) is 6.17. The van der Waals surface area contributed by atoms with Gasteiger partial charge in [-0.15, -0.1) is 0 Å². The van der Waals surface area contributed by atoms with Gasteiger partial charge in [0.1, 0.15) is 0 Å². The van der Waals surface area contributed by atoms with Crippen molar-refractivity contribution in [3.8, 4) is 0 Å². The van der Waals surface area contributed by atoms with Crippen LogP contribution in [-0.4, -0.2) is 43.5 Å². The molecule has 1 aliphatic heterocycles. The van der Waals surface area contributed by atoms with E-state index in [9.17, 15) is 4.79 Å². The van der Waals surface area contributed by atoms with E-state index >= 15 is 0 Å². The molecule has 0 bridgehead atoms. The van der Waals surface area contributed by atoms with Gasteiger partial charge in [-0.2, -0.15) is 0 Å². The van der Waals surface area contributed by atoms with Gasteiger partial charge >= 0.3 is 0 Å². The summed E-state index contributed by atoms with van der Waals surface area (Å²) in [5, 5.41) is 0. The molecule has 4 heteroatoms. The number of anilines is 1. The first kappa shape index (κ1) is 14.0. The van der Waals surface area contributed by atoms with Crippen molar-refractivity contribution in [2.45, 2.75) is 25.8 Å². The van der Waals surface area contributed by atoms with Gasteiger partial charge in [0.25, 0.3) is 0 Å². The van der Waals surface area contributed by atoms with E-state index < -0.39 is 0 Å². The number of rotatable bonds is 3. The zero-order valence-corrected chi connectivity index (χ0v) is 11.8. The number of hydrogen-bond donors (Lipinski definition) is 1. The number of amides is 1. The molecular weight excluding hydrogens is 238 g/mol. The highest BCUT2D eigenvalue weighted by Gasteiger charge is 2.20. The minimum absolute atomic E-state index is 0.143. The summed E-state index contributed by atoms with van der Waals surface area (Å²) < 4.78 is 0. The SMILES string of the molecule is Cc1ccccc1N(C)C(=O)CN1CCC(N)CC1. The Kier molecular flexibility index (Phi) is 4.56. The second-order valence-corrected chi connectivity index (χ2v) is 5.35. The van der Waals surface area contributed by atoms with Crippen molar-refractivity contribution < 1.29 is 4.79 Å². The van der Waals surface area contributed by atoms with Gasteiger partial charge < -0.3 is 10.6 Å². The molecule has 1 fully saturated rings. The molecule has 0 spiro atoms. The highest BCUT2D eigenvalue weighted by atomic mass is 16.2. The van der Waals surface area contributed by atoms with E-state index in [-0.39, 0.29) is 5.91 Å². The second-order valence-electron chi connectivity index (χ2n) is 5.35. The van der Waals surface area contributed by atoms with Crippen LogP contribution in [0.25, 0.3) is 0 Å². The summed E-state index contributed by atoms with van der Waals surface area (Å²) in [5.74, 6) is 0.143. The van der Waals surface area contributed by atoms with Crippen molar-refractivity contribution in [2.75, 3.05) is 31.6 Å². The predicted molar refractivity (Wildman–Crippen MR) is 78.2 cm³/mol. The first-order chi connectivity index (χ1) is 9.08. The van der Waals surface area contributed by atoms with E-state index in [1.165, 1.54) is 0 Å². The number of likely N-dealkylation sites (tertiary alicyclic amines) is 1. The smallest absolute Gasteiger partial charge is 0.240 e. The first-order valence-electron chi connectivity index (χ1n) is 6.88. The van der Waals surface area contributed by atoms with Crippen LogP contribution in [0.1, 0.15) is 18.4 Å². The molecule has 1 aromatic rings. The minimum Gasteiger partial charge on any atom is -0.328 e. The van der Waals surface area contributed by atoms with E-state index in [1.807, 2.05) is 38.2 Å². The Hall–Kier alpha value is -1.39. The van der Waals surface area contributed by atoms with Gasteiger partial charge in [-0.1, -0.05) is 18.2 Å². The van der Waals surface area contributed by atoms with Gasteiger partial charge in [0.05, 0.1) is 6.54 Å². The maximum absolute atomic E-state index is 12.3. The molecule has 1 amide bonds. The topological polar surface area (TPSA) is 49.6 Å². The molecule has 104 valence electrons. The Morgan fingerprint density at radius 2 is 2.00 bits per heavy atom. The van der Waals surface area contributed by atoms with Gasteiger partial charge in [0.15, 0.2) is 0 Å². The van der Waals surface area contributed by atoms with E-state index in [4.69, 9.17) is 5.73 Å². The quantitative estimate of drug-likeness (QED) is 0.894. The summed E-state index contributed by atoms with van der Waals surface area (Å²) in [6.07, 6.45) is 1.97. The van der Waals surface area contributed by atoms with Gasteiger partial charge in [-0.05, 0) is 31.4 Å². The maximum Gasteiger partial charge on any atom is 0.240 e. The molecule has 4 nitrogen and oxygen atoms in total. The molecule has 1 aromatic carbocycles. The van der Waals surface area contributed by atoms with Gasteiger partial charge in [-0.25, -0.2) is 0 Å². The fourth-order valence-electron chi connectivity index (χ4n) is 2.48. The zero-order chi connectivity index (χ0) is 13.8. The average molecular weight is 261 g/mol. The number of carbonyl (C=O) groups is 1. The molecule has 2 N–H and O–H groups in total. The molecule has 0 aliphatic carbocycles. The lowest BCUT2D eigenvalue weighted by Crippen LogP contribution is -2.45. The zero-order valence-electron chi connectivity index (χ0n) is 11.8. The van der Waals surface area contributed by atoms with E-state index in [0.29, 0.717) is 12.6 Å². The normalized spacial score (nSPS) is 17.4. The summed E-state index contributed by atoms with van der Waals surface area (Å²) in [6.45, 7) is 4.36. The number of nitrogens with two attached hydrogens (primary N) is 1. The van der Waals surface area contributed by atoms with Crippen LogP contribution >= 0.6 is 0 Å². The van der Waals surface area contributed by atoms with Crippen molar-refractivity contribution in [3.05, 3.63) is 29.8 Å². The number of para-hydroxylation sites is 1. The number of piperidine rings is 1. The summed E-state index contributed by atoms with van der Waals surface area (Å²) in [7, 11) is 1.85. The first-order valence-corrected chi connectivity index (χ1v) is 6.88. The van der Waals surface area contributed by atoms with Crippen LogP contribution in [0.4, 0.5) is 5.69 Å². The number of aryl methyl sites for hydroxylation is 1. The Bertz CT molecular complexity index is 439. The Morgan fingerprint density at radius 1 is 1.37 bits per heavy atom. The Morgan fingerprint density at radius 3 is 2.63 bits per heavy atom. The molecule has 0 saturated carbocycles. The van der Waals surface area contributed by atoms with Crippen molar-refractivity contribution in [1.29, 1.82) is 0 Å². The summed E-state index contributed by atoms with van der Waals surface area (Å²) >= 11 is 0. The van der Waals surface area contributed by atoms with Crippen molar-refractivity contribution in [3.63, 3.8) is 0 Å². The standard InChI is InChI=1S/C15H23N3O/c1-12-5-3-4-6-14(12)17(2)15(19)11-18-9-7-13(16)8-10-18/h3-6,13H,7-11,16H2,1-2H3. The summed E-state index contributed by atoms with van der Waals surface area (Å²) in [5.41, 5.74) is 7.99. The van der Waals surface area contributed by atoms with Gasteiger partial charge in [0, 0.05) is 31.9 Å². The Labute approximate surface area is 115 Å². The van der Waals surface area contributed by atoms with E-state index in [0.717, 1.165) is 37.2 Å². The largest absolute Gasteiger partial charge is 0.328 e. The minimum atomic E-state index is 0.143. The molecule has 1 heterocycles. The van der Waals surface area contributed by atoms with Gasteiger partial charge in [-0.3, -0.25) is 9.69 Å². The third-order valence-electron chi connectivity index (χ3n) is 3.84. The van der Waals surface area contributed by atoms with Crippen LogP contribution in [0.2, 0.25) is 0 Å². The molecule has 1 aliphatic rings. The summed E-state index contributed by atoms with van der Waals surface area (Å²) in [4.78, 5) is 16.2. The van der Waals surface area contributed by atoms with Crippen LogP contribution in [-0.2, 0) is 4.79 Å². The molecule has 0 unspecified atom stereocenters. The van der Waals surface area contributed by atoms with Crippen LogP contribution < -0.4 is 10.6 Å². The Balaban J connectivity index is 1.95. The average Bonchev–Trinajstić information content (AvgIpc) is 2.41. The molecule has 2 rings (SSSR count). The highest BCUT2D eigenvalue weighted by molar-refractivity contribution is 5.94. The fraction of sp³-hybridized carbons (Fsp3) is 0.533. The summed E-state index contributed by atoms with van der Waals surface area (Å²) in [6, 6.07) is 8.27. The van der Waals surface area contributed by atoms with Crippen LogP contribution in [0.15, 0.2) is 24.3 Å². The maximum atomic E-state index is 12.3. The number of nitrogens with zero attached hydrogens (tertiary/aromatic N) is 2. The van der Waals surface area contributed by atoms with E-state index in [1.54, 1.807) is 4.90 Å². The third-order valence-corrected chi connectivity index (χ3v) is 3.84. The van der Waals surface area contributed by atoms with Crippen molar-refractivity contribution in [2.24, 2.45) is 5.73 Å². The number of hydrogen-bond acceptors (Lipinski definition) is 3. The van der Waals surface area contributed by atoms with Gasteiger partial charge in [0.2, 0.25) is 5.91 Å². The van der Waals surface area contributed by atoms with Crippen LogP contribution in [0.3, 0.4) is 0 Å². The molecule has 0 aromatic heterocycles. The lowest BCUT2D eigenvalue weighted by molar-refractivity contribution is -0.119. The number of benzene rings is 1. The van der Waals surface area contributed by atoms with Crippen LogP contribution in [0, 0.1) is 6.92 Å². The number of carbonyl (C=O) groups excluding carboxylic acids is 1. The van der Waals surface area contributed by atoms with E-state index in [2.05, 4.69) is 4.90 Å². The lowest BCUT2D eigenvalue weighted by atomic mass is 10.1. The molecule has 19 heavy (non-hydrogen) atoms. The van der Waals surface area contributed by atoms with Crippen LogP contribution in [0.5, 0.6) is 0 Å². The third kappa shape index (κ3) is 3.55. The van der Waals surface area contributed by atoms with Crippen molar-refractivity contribution >= 4 is 11.6 Å². The molecule has 0 radical (unpaired) electrons.